The van der Waals surface area contributed by atoms with E-state index in [1.807, 2.05) is 11.6 Å². The van der Waals surface area contributed by atoms with Gasteiger partial charge in [-0.3, -0.25) is 4.98 Å². The second-order valence-corrected chi connectivity index (χ2v) is 4.98. The van der Waals surface area contributed by atoms with E-state index in [4.69, 9.17) is 0 Å². The number of aryl methyl sites for hydroxylation is 1. The maximum absolute atomic E-state index is 4.56. The van der Waals surface area contributed by atoms with Crippen LogP contribution in [-0.4, -0.2) is 32.3 Å². The lowest BCUT2D eigenvalue weighted by molar-refractivity contribution is 0.589. The normalized spacial score (nSPS) is 11.2. The Balaban J connectivity index is 2.20. The van der Waals surface area contributed by atoms with Crippen molar-refractivity contribution in [1.82, 2.24) is 25.1 Å². The minimum Gasteiger partial charge on any atom is -0.314 e. The van der Waals surface area contributed by atoms with E-state index in [2.05, 4.69) is 41.2 Å². The highest BCUT2D eigenvalue weighted by molar-refractivity contribution is 5.31. The number of hydrogen-bond donors (Lipinski definition) is 1. The summed E-state index contributed by atoms with van der Waals surface area (Å²) in [5, 5.41) is 8.00. The highest BCUT2D eigenvalue weighted by Gasteiger charge is 2.13. The van der Waals surface area contributed by atoms with Gasteiger partial charge < -0.3 is 5.32 Å². The van der Waals surface area contributed by atoms with Crippen LogP contribution < -0.4 is 5.32 Å². The standard InChI is InChI=1S/C14H21N5/c1-10(2)16-6-5-13-11(3)18-19(12(13)4)14-9-15-7-8-17-14/h7-10,16H,5-6H2,1-4H3. The lowest BCUT2D eigenvalue weighted by Crippen LogP contribution is -2.25. The fourth-order valence-corrected chi connectivity index (χ4v) is 2.15. The Hall–Kier alpha value is -1.75. The highest BCUT2D eigenvalue weighted by atomic mass is 15.3. The van der Waals surface area contributed by atoms with Crippen LogP contribution in [0.25, 0.3) is 5.82 Å². The summed E-state index contributed by atoms with van der Waals surface area (Å²) in [7, 11) is 0. The SMILES string of the molecule is Cc1nn(-c2cnccn2)c(C)c1CCNC(C)C. The van der Waals surface area contributed by atoms with E-state index in [1.165, 1.54) is 5.56 Å². The fraction of sp³-hybridized carbons (Fsp3) is 0.500. The summed E-state index contributed by atoms with van der Waals surface area (Å²) in [6, 6.07) is 0.510. The molecule has 0 unspecified atom stereocenters. The molecule has 2 aromatic rings. The van der Waals surface area contributed by atoms with E-state index in [1.54, 1.807) is 18.6 Å². The molecule has 5 heteroatoms. The molecule has 0 aliphatic heterocycles. The molecule has 102 valence electrons. The van der Waals surface area contributed by atoms with Crippen molar-refractivity contribution in [1.29, 1.82) is 0 Å². The van der Waals surface area contributed by atoms with E-state index in [9.17, 15) is 0 Å². The molecule has 0 amide bonds. The molecule has 0 saturated carbocycles. The molecule has 0 aromatic carbocycles. The summed E-state index contributed by atoms with van der Waals surface area (Å²) >= 11 is 0. The number of aromatic nitrogens is 4. The van der Waals surface area contributed by atoms with Crippen molar-refractivity contribution in [3.8, 4) is 5.82 Å². The van der Waals surface area contributed by atoms with Crippen molar-refractivity contribution < 1.29 is 0 Å². The number of hydrogen-bond acceptors (Lipinski definition) is 4. The van der Waals surface area contributed by atoms with Gasteiger partial charge >= 0.3 is 0 Å². The summed E-state index contributed by atoms with van der Waals surface area (Å²) in [6.45, 7) is 9.40. The Bertz CT molecular complexity index is 530. The average molecular weight is 259 g/mol. The summed E-state index contributed by atoms with van der Waals surface area (Å²) in [6.07, 6.45) is 6.07. The molecule has 5 nitrogen and oxygen atoms in total. The van der Waals surface area contributed by atoms with Crippen LogP contribution in [0.3, 0.4) is 0 Å². The van der Waals surface area contributed by atoms with Gasteiger partial charge in [0.2, 0.25) is 0 Å². The topological polar surface area (TPSA) is 55.6 Å². The van der Waals surface area contributed by atoms with Gasteiger partial charge in [-0.1, -0.05) is 13.8 Å². The molecule has 0 atom stereocenters. The van der Waals surface area contributed by atoms with Crippen LogP contribution in [0.4, 0.5) is 0 Å². The maximum Gasteiger partial charge on any atom is 0.172 e. The summed E-state index contributed by atoms with van der Waals surface area (Å²) in [4.78, 5) is 8.39. The Labute approximate surface area is 114 Å². The van der Waals surface area contributed by atoms with Gasteiger partial charge in [0.25, 0.3) is 0 Å². The molecule has 0 fully saturated rings. The molecule has 2 aromatic heterocycles. The Morgan fingerprint density at radius 1 is 1.26 bits per heavy atom. The molecule has 0 saturated heterocycles. The number of nitrogens with zero attached hydrogens (tertiary/aromatic N) is 4. The zero-order valence-corrected chi connectivity index (χ0v) is 12.0. The third-order valence-electron chi connectivity index (χ3n) is 3.14. The van der Waals surface area contributed by atoms with Crippen molar-refractivity contribution in [2.24, 2.45) is 0 Å². The zero-order valence-electron chi connectivity index (χ0n) is 12.0. The summed E-state index contributed by atoms with van der Waals surface area (Å²) in [5.74, 6) is 0.770. The monoisotopic (exact) mass is 259 g/mol. The third kappa shape index (κ3) is 3.17. The molecule has 0 aliphatic rings. The number of rotatable bonds is 5. The van der Waals surface area contributed by atoms with Gasteiger partial charge in [0, 0.05) is 24.1 Å². The minimum atomic E-state index is 0.510. The van der Waals surface area contributed by atoms with E-state index >= 15 is 0 Å². The molecule has 1 N–H and O–H groups in total. The van der Waals surface area contributed by atoms with Crippen LogP contribution in [0.1, 0.15) is 30.8 Å². The Morgan fingerprint density at radius 2 is 2.05 bits per heavy atom. The predicted molar refractivity (Wildman–Crippen MR) is 75.5 cm³/mol. The lowest BCUT2D eigenvalue weighted by atomic mass is 10.1. The van der Waals surface area contributed by atoms with Gasteiger partial charge in [0.05, 0.1) is 11.9 Å². The van der Waals surface area contributed by atoms with Crippen molar-refractivity contribution >= 4 is 0 Å². The largest absolute Gasteiger partial charge is 0.314 e. The predicted octanol–water partition coefficient (Wildman–Crippen LogP) is 1.82. The van der Waals surface area contributed by atoms with Crippen molar-refractivity contribution in [2.75, 3.05) is 6.54 Å². The molecular weight excluding hydrogens is 238 g/mol. The molecule has 0 aliphatic carbocycles. The van der Waals surface area contributed by atoms with Crippen molar-refractivity contribution in [3.63, 3.8) is 0 Å². The van der Waals surface area contributed by atoms with Crippen LogP contribution in [0.2, 0.25) is 0 Å². The van der Waals surface area contributed by atoms with Crippen LogP contribution in [0.15, 0.2) is 18.6 Å². The van der Waals surface area contributed by atoms with Gasteiger partial charge in [0.15, 0.2) is 5.82 Å². The van der Waals surface area contributed by atoms with Crippen LogP contribution in [0, 0.1) is 13.8 Å². The second kappa shape index (κ2) is 5.93. The molecule has 0 spiro atoms. The molecule has 2 rings (SSSR count). The first-order valence-electron chi connectivity index (χ1n) is 6.64. The van der Waals surface area contributed by atoms with E-state index < -0.39 is 0 Å². The highest BCUT2D eigenvalue weighted by Crippen LogP contribution is 2.16. The summed E-state index contributed by atoms with van der Waals surface area (Å²) in [5.41, 5.74) is 3.50. The minimum absolute atomic E-state index is 0.510. The van der Waals surface area contributed by atoms with E-state index in [0.717, 1.165) is 30.2 Å². The van der Waals surface area contributed by atoms with Crippen molar-refractivity contribution in [3.05, 3.63) is 35.5 Å². The molecule has 19 heavy (non-hydrogen) atoms. The Kier molecular flexibility index (Phi) is 4.27. The quantitative estimate of drug-likeness (QED) is 0.890. The molecule has 0 radical (unpaired) electrons. The van der Waals surface area contributed by atoms with Crippen LogP contribution in [-0.2, 0) is 6.42 Å². The smallest absolute Gasteiger partial charge is 0.172 e. The maximum atomic E-state index is 4.56. The van der Waals surface area contributed by atoms with E-state index in [0.29, 0.717) is 6.04 Å². The fourth-order valence-electron chi connectivity index (χ4n) is 2.15. The van der Waals surface area contributed by atoms with Gasteiger partial charge in [-0.05, 0) is 32.4 Å². The van der Waals surface area contributed by atoms with Gasteiger partial charge in [0.1, 0.15) is 0 Å². The first-order valence-corrected chi connectivity index (χ1v) is 6.64. The van der Waals surface area contributed by atoms with Gasteiger partial charge in [-0.15, -0.1) is 0 Å². The van der Waals surface area contributed by atoms with E-state index in [-0.39, 0.29) is 0 Å². The van der Waals surface area contributed by atoms with Crippen molar-refractivity contribution in [2.45, 2.75) is 40.2 Å². The average Bonchev–Trinajstić information content (AvgIpc) is 2.67. The summed E-state index contributed by atoms with van der Waals surface area (Å²) < 4.78 is 1.87. The van der Waals surface area contributed by atoms with Gasteiger partial charge in [-0.2, -0.15) is 5.10 Å². The molecular formula is C14H21N5. The van der Waals surface area contributed by atoms with Gasteiger partial charge in [-0.25, -0.2) is 9.67 Å². The number of nitrogens with one attached hydrogen (secondary N) is 1. The lowest BCUT2D eigenvalue weighted by Gasteiger charge is -2.08. The first kappa shape index (κ1) is 13.7. The molecule has 2 heterocycles. The first-order chi connectivity index (χ1) is 9.09. The molecule has 0 bridgehead atoms. The zero-order chi connectivity index (χ0) is 13.8. The second-order valence-electron chi connectivity index (χ2n) is 4.98. The third-order valence-corrected chi connectivity index (χ3v) is 3.14. The van der Waals surface area contributed by atoms with Crippen LogP contribution in [0.5, 0.6) is 0 Å². The van der Waals surface area contributed by atoms with Crippen LogP contribution >= 0.6 is 0 Å². The Morgan fingerprint density at radius 3 is 2.68 bits per heavy atom.